The van der Waals surface area contributed by atoms with Crippen molar-refractivity contribution in [2.45, 2.75) is 13.8 Å². The quantitative estimate of drug-likeness (QED) is 0.842. The zero-order chi connectivity index (χ0) is 17.8. The van der Waals surface area contributed by atoms with Gasteiger partial charge in [0.05, 0.1) is 17.8 Å². The largest absolute Gasteiger partial charge is 0.295 e. The first-order chi connectivity index (χ1) is 12.2. The average Bonchev–Trinajstić information content (AvgIpc) is 2.67. The van der Waals surface area contributed by atoms with Gasteiger partial charge in [0.15, 0.2) is 0 Å². The molecule has 0 aromatic heterocycles. The molecular formula is C20H23N3O2. The maximum Gasteiger partial charge on any atom is 0.261 e. The van der Waals surface area contributed by atoms with Crippen molar-refractivity contribution in [3.8, 4) is 0 Å². The first-order valence-electron chi connectivity index (χ1n) is 8.64. The fourth-order valence-electron chi connectivity index (χ4n) is 3.06. The van der Waals surface area contributed by atoms with E-state index < -0.39 is 0 Å². The Balaban J connectivity index is 1.96. The molecule has 2 aromatic carbocycles. The molecule has 0 atom stereocenters. The highest BCUT2D eigenvalue weighted by Gasteiger charge is 2.33. The van der Waals surface area contributed by atoms with E-state index in [4.69, 9.17) is 0 Å². The topological polar surface area (TPSA) is 43.9 Å². The summed E-state index contributed by atoms with van der Waals surface area (Å²) in [5, 5.41) is 0. The lowest BCUT2D eigenvalue weighted by Crippen LogP contribution is -2.52. The lowest BCUT2D eigenvalue weighted by Gasteiger charge is -2.37. The monoisotopic (exact) mass is 337 g/mol. The van der Waals surface area contributed by atoms with E-state index >= 15 is 0 Å². The van der Waals surface area contributed by atoms with Gasteiger partial charge in [-0.3, -0.25) is 24.3 Å². The number of nitrogens with zero attached hydrogens (tertiary/aromatic N) is 3. The van der Waals surface area contributed by atoms with Crippen molar-refractivity contribution in [2.75, 3.05) is 36.1 Å². The number of benzene rings is 2. The number of hydrogen-bond acceptors (Lipinski definition) is 3. The standard InChI is InChI=1S/C20H23N3O2/c1-3-21(4-2)14-19(24)23-15-22(16-10-6-5-7-11-16)20(25)17-12-8-9-13-18(17)23/h5-13H,3-4,14-15H2,1-2H3. The molecule has 3 rings (SSSR count). The Kier molecular flexibility index (Phi) is 5.14. The highest BCUT2D eigenvalue weighted by atomic mass is 16.2. The van der Waals surface area contributed by atoms with Gasteiger partial charge in [-0.05, 0) is 37.4 Å². The molecule has 1 aliphatic rings. The van der Waals surface area contributed by atoms with Gasteiger partial charge in [0.1, 0.15) is 6.67 Å². The summed E-state index contributed by atoms with van der Waals surface area (Å²) in [5.74, 6) is -0.0710. The van der Waals surface area contributed by atoms with E-state index in [-0.39, 0.29) is 18.5 Å². The summed E-state index contributed by atoms with van der Waals surface area (Å²) in [6, 6.07) is 16.8. The molecule has 0 N–H and O–H groups in total. The second-order valence-corrected chi connectivity index (χ2v) is 6.01. The molecule has 25 heavy (non-hydrogen) atoms. The minimum atomic E-state index is -0.0753. The van der Waals surface area contributed by atoms with E-state index in [1.54, 1.807) is 15.9 Å². The molecular weight excluding hydrogens is 314 g/mol. The van der Waals surface area contributed by atoms with Crippen LogP contribution in [-0.4, -0.2) is 43.0 Å². The van der Waals surface area contributed by atoms with Gasteiger partial charge in [-0.2, -0.15) is 0 Å². The molecule has 2 amide bonds. The highest BCUT2D eigenvalue weighted by Crippen LogP contribution is 2.30. The van der Waals surface area contributed by atoms with E-state index in [1.807, 2.05) is 62.4 Å². The number of para-hydroxylation sites is 2. The van der Waals surface area contributed by atoms with E-state index in [1.165, 1.54) is 0 Å². The van der Waals surface area contributed by atoms with Gasteiger partial charge >= 0.3 is 0 Å². The average molecular weight is 337 g/mol. The highest BCUT2D eigenvalue weighted by molar-refractivity contribution is 6.15. The van der Waals surface area contributed by atoms with Crippen molar-refractivity contribution in [3.05, 3.63) is 60.2 Å². The molecule has 0 bridgehead atoms. The van der Waals surface area contributed by atoms with Crippen molar-refractivity contribution in [2.24, 2.45) is 0 Å². The summed E-state index contributed by atoms with van der Waals surface area (Å²) in [6.45, 7) is 6.30. The first kappa shape index (κ1) is 17.2. The van der Waals surface area contributed by atoms with Crippen molar-refractivity contribution < 1.29 is 9.59 Å². The number of amides is 2. The van der Waals surface area contributed by atoms with Crippen LogP contribution in [-0.2, 0) is 4.79 Å². The summed E-state index contributed by atoms with van der Waals surface area (Å²) in [7, 11) is 0. The van der Waals surface area contributed by atoms with Gasteiger partial charge in [0, 0.05) is 5.69 Å². The maximum atomic E-state index is 12.9. The Morgan fingerprint density at radius 2 is 1.64 bits per heavy atom. The summed E-state index contributed by atoms with van der Waals surface area (Å²) >= 11 is 0. The molecule has 0 saturated carbocycles. The summed E-state index contributed by atoms with van der Waals surface area (Å²) in [5.41, 5.74) is 2.05. The molecule has 2 aromatic rings. The summed E-state index contributed by atoms with van der Waals surface area (Å²) in [4.78, 5) is 31.3. The molecule has 5 heteroatoms. The minimum Gasteiger partial charge on any atom is -0.295 e. The predicted octanol–water partition coefficient (Wildman–Crippen LogP) is 2.98. The van der Waals surface area contributed by atoms with E-state index in [2.05, 4.69) is 4.90 Å². The number of hydrogen-bond donors (Lipinski definition) is 0. The Morgan fingerprint density at radius 1 is 1.00 bits per heavy atom. The molecule has 0 radical (unpaired) electrons. The van der Waals surface area contributed by atoms with Crippen LogP contribution in [0.2, 0.25) is 0 Å². The third-order valence-electron chi connectivity index (χ3n) is 4.58. The fourth-order valence-corrected chi connectivity index (χ4v) is 3.06. The zero-order valence-electron chi connectivity index (χ0n) is 14.7. The number of carbonyl (C=O) groups excluding carboxylic acids is 2. The number of carbonyl (C=O) groups is 2. The van der Waals surface area contributed by atoms with E-state index in [9.17, 15) is 9.59 Å². The Morgan fingerprint density at radius 3 is 2.32 bits per heavy atom. The fraction of sp³-hybridized carbons (Fsp3) is 0.300. The Bertz CT molecular complexity index is 757. The van der Waals surface area contributed by atoms with Crippen molar-refractivity contribution in [1.29, 1.82) is 0 Å². The van der Waals surface area contributed by atoms with Gasteiger partial charge in [-0.25, -0.2) is 0 Å². The molecule has 5 nitrogen and oxygen atoms in total. The number of rotatable bonds is 5. The van der Waals surface area contributed by atoms with Crippen LogP contribution in [0.4, 0.5) is 11.4 Å². The molecule has 1 aliphatic heterocycles. The van der Waals surface area contributed by atoms with Crippen LogP contribution in [0.5, 0.6) is 0 Å². The second-order valence-electron chi connectivity index (χ2n) is 6.01. The van der Waals surface area contributed by atoms with Gasteiger partial charge in [-0.1, -0.05) is 44.2 Å². The summed E-state index contributed by atoms with van der Waals surface area (Å²) in [6.07, 6.45) is 0. The predicted molar refractivity (Wildman–Crippen MR) is 99.8 cm³/mol. The normalized spacial score (nSPS) is 14.0. The third-order valence-corrected chi connectivity index (χ3v) is 4.58. The summed E-state index contributed by atoms with van der Waals surface area (Å²) < 4.78 is 0. The third kappa shape index (κ3) is 3.42. The number of likely N-dealkylation sites (N-methyl/N-ethyl adjacent to an activating group) is 1. The van der Waals surface area contributed by atoms with Crippen LogP contribution in [0.25, 0.3) is 0 Å². The molecule has 0 fully saturated rings. The van der Waals surface area contributed by atoms with Crippen LogP contribution in [0.15, 0.2) is 54.6 Å². The maximum absolute atomic E-state index is 12.9. The lowest BCUT2D eigenvalue weighted by molar-refractivity contribution is -0.119. The van der Waals surface area contributed by atoms with Crippen molar-refractivity contribution in [3.63, 3.8) is 0 Å². The smallest absolute Gasteiger partial charge is 0.261 e. The van der Waals surface area contributed by atoms with Gasteiger partial charge in [0.2, 0.25) is 5.91 Å². The second kappa shape index (κ2) is 7.49. The Labute approximate surface area is 148 Å². The molecule has 0 unspecified atom stereocenters. The van der Waals surface area contributed by atoms with Crippen LogP contribution in [0.1, 0.15) is 24.2 Å². The Hall–Kier alpha value is -2.66. The van der Waals surface area contributed by atoms with Crippen LogP contribution in [0.3, 0.4) is 0 Å². The van der Waals surface area contributed by atoms with Crippen LogP contribution < -0.4 is 9.80 Å². The van der Waals surface area contributed by atoms with Crippen molar-refractivity contribution >= 4 is 23.2 Å². The van der Waals surface area contributed by atoms with Crippen molar-refractivity contribution in [1.82, 2.24) is 4.90 Å². The van der Waals surface area contributed by atoms with E-state index in [0.29, 0.717) is 17.8 Å². The SMILES string of the molecule is CCN(CC)CC(=O)N1CN(c2ccccc2)C(=O)c2ccccc21. The molecule has 130 valence electrons. The molecule has 0 spiro atoms. The first-order valence-corrected chi connectivity index (χ1v) is 8.64. The zero-order valence-corrected chi connectivity index (χ0v) is 14.7. The lowest BCUT2D eigenvalue weighted by atomic mass is 10.1. The number of anilines is 2. The van der Waals surface area contributed by atoms with Crippen LogP contribution in [0, 0.1) is 0 Å². The minimum absolute atomic E-state index is 0.00424. The number of fused-ring (bicyclic) bond motifs is 1. The van der Waals surface area contributed by atoms with Gasteiger partial charge < -0.3 is 0 Å². The molecule has 1 heterocycles. The molecule has 0 saturated heterocycles. The van der Waals surface area contributed by atoms with E-state index in [0.717, 1.165) is 18.8 Å². The van der Waals surface area contributed by atoms with Crippen LogP contribution >= 0.6 is 0 Å². The molecule has 0 aliphatic carbocycles. The van der Waals surface area contributed by atoms with Gasteiger partial charge in [0.25, 0.3) is 5.91 Å². The van der Waals surface area contributed by atoms with Gasteiger partial charge in [-0.15, -0.1) is 0 Å².